The van der Waals surface area contributed by atoms with Gasteiger partial charge in [-0.3, -0.25) is 0 Å². The number of methoxy groups -OCH3 is 2. The Morgan fingerprint density at radius 3 is 2.70 bits per heavy atom. The van der Waals surface area contributed by atoms with Gasteiger partial charge in [-0.2, -0.15) is 0 Å². The molecule has 1 N–H and O–H groups in total. The molecule has 3 rings (SSSR count). The maximum Gasteiger partial charge on any atom is 0.216 e. The highest BCUT2D eigenvalue weighted by Crippen LogP contribution is 2.26. The van der Waals surface area contributed by atoms with E-state index in [-0.39, 0.29) is 0 Å². The molecule has 5 nitrogen and oxygen atoms in total. The van der Waals surface area contributed by atoms with Crippen molar-refractivity contribution in [3.05, 3.63) is 29.8 Å². The number of hydrogen-bond donors (Lipinski definition) is 1. The van der Waals surface area contributed by atoms with E-state index >= 15 is 0 Å². The van der Waals surface area contributed by atoms with Gasteiger partial charge >= 0.3 is 0 Å². The molecule has 0 atom stereocenters. The molecule has 0 aliphatic carbocycles. The zero-order valence-electron chi connectivity index (χ0n) is 14.0. The van der Waals surface area contributed by atoms with Crippen LogP contribution in [0.3, 0.4) is 0 Å². The number of benzene rings is 1. The fourth-order valence-electron chi connectivity index (χ4n) is 3.09. The van der Waals surface area contributed by atoms with E-state index in [1.807, 2.05) is 18.2 Å². The Morgan fingerprint density at radius 2 is 1.96 bits per heavy atom. The van der Waals surface area contributed by atoms with E-state index < -0.39 is 0 Å². The minimum absolute atomic E-state index is 0.739. The minimum Gasteiger partial charge on any atom is -0.497 e. The number of rotatable bonds is 6. The number of aromatic nitrogens is 1. The number of pyridine rings is 1. The molecule has 0 saturated carbocycles. The van der Waals surface area contributed by atoms with Gasteiger partial charge in [0.15, 0.2) is 0 Å². The molecule has 2 heterocycles. The third kappa shape index (κ3) is 3.92. The molecule has 124 valence electrons. The van der Waals surface area contributed by atoms with Crippen LogP contribution in [0.4, 0.5) is 0 Å². The highest BCUT2D eigenvalue weighted by atomic mass is 16.5. The molecular weight excluding hydrogens is 290 g/mol. The predicted octanol–water partition coefficient (Wildman–Crippen LogP) is 2.09. The van der Waals surface area contributed by atoms with Crippen molar-refractivity contribution in [3.63, 3.8) is 0 Å². The first-order valence-electron chi connectivity index (χ1n) is 8.25. The van der Waals surface area contributed by atoms with Gasteiger partial charge in [0.25, 0.3) is 0 Å². The summed E-state index contributed by atoms with van der Waals surface area (Å²) < 4.78 is 10.8. The van der Waals surface area contributed by atoms with Crippen LogP contribution in [-0.2, 0) is 6.42 Å². The van der Waals surface area contributed by atoms with E-state index in [0.29, 0.717) is 0 Å². The standard InChI is InChI=1S/C18H25N3O2/c1-22-16-5-6-17-15(13-16)12-14(18(20-17)23-2)4-3-9-21-10-7-19-8-11-21/h5-6,12-13,19H,3-4,7-11H2,1-2H3. The first-order valence-corrected chi connectivity index (χ1v) is 8.25. The summed E-state index contributed by atoms with van der Waals surface area (Å²) in [6.45, 7) is 5.61. The van der Waals surface area contributed by atoms with Gasteiger partial charge in [0.05, 0.1) is 19.7 Å². The average Bonchev–Trinajstić information content (AvgIpc) is 2.61. The van der Waals surface area contributed by atoms with Crippen LogP contribution in [-0.4, -0.2) is 56.8 Å². The van der Waals surface area contributed by atoms with Crippen LogP contribution in [0.1, 0.15) is 12.0 Å². The second-order valence-electron chi connectivity index (χ2n) is 5.91. The van der Waals surface area contributed by atoms with Crippen LogP contribution in [0, 0.1) is 0 Å². The Bertz CT molecular complexity index is 654. The molecule has 1 aromatic carbocycles. The maximum atomic E-state index is 5.49. The summed E-state index contributed by atoms with van der Waals surface area (Å²) in [6.07, 6.45) is 2.10. The van der Waals surface area contributed by atoms with Gasteiger partial charge in [-0.25, -0.2) is 4.98 Å². The number of piperazine rings is 1. The average molecular weight is 315 g/mol. The normalized spacial score (nSPS) is 15.7. The van der Waals surface area contributed by atoms with Gasteiger partial charge in [-0.1, -0.05) is 0 Å². The zero-order valence-corrected chi connectivity index (χ0v) is 14.0. The topological polar surface area (TPSA) is 46.6 Å². The molecule has 0 radical (unpaired) electrons. The van der Waals surface area contributed by atoms with Gasteiger partial charge in [0.1, 0.15) is 5.75 Å². The minimum atomic E-state index is 0.739. The smallest absolute Gasteiger partial charge is 0.216 e. The lowest BCUT2D eigenvalue weighted by Gasteiger charge is -2.27. The van der Waals surface area contributed by atoms with Crippen molar-refractivity contribution in [2.24, 2.45) is 0 Å². The highest BCUT2D eigenvalue weighted by molar-refractivity contribution is 5.81. The van der Waals surface area contributed by atoms with E-state index in [1.54, 1.807) is 14.2 Å². The quantitative estimate of drug-likeness (QED) is 0.884. The number of fused-ring (bicyclic) bond motifs is 1. The summed E-state index contributed by atoms with van der Waals surface area (Å²) >= 11 is 0. The van der Waals surface area contributed by atoms with Crippen LogP contribution in [0.15, 0.2) is 24.3 Å². The van der Waals surface area contributed by atoms with E-state index in [1.165, 1.54) is 5.56 Å². The Kier molecular flexibility index (Phi) is 5.31. The number of hydrogen-bond acceptors (Lipinski definition) is 5. The summed E-state index contributed by atoms with van der Waals surface area (Å²) in [7, 11) is 3.38. The van der Waals surface area contributed by atoms with Crippen molar-refractivity contribution >= 4 is 10.9 Å². The fourth-order valence-corrected chi connectivity index (χ4v) is 3.09. The monoisotopic (exact) mass is 315 g/mol. The van der Waals surface area contributed by atoms with Crippen molar-refractivity contribution in [1.82, 2.24) is 15.2 Å². The van der Waals surface area contributed by atoms with Crippen molar-refractivity contribution in [1.29, 1.82) is 0 Å². The first-order chi connectivity index (χ1) is 11.3. The second kappa shape index (κ2) is 7.62. The Hall–Kier alpha value is -1.85. The predicted molar refractivity (Wildman–Crippen MR) is 92.5 cm³/mol. The van der Waals surface area contributed by atoms with Crippen molar-refractivity contribution in [2.45, 2.75) is 12.8 Å². The van der Waals surface area contributed by atoms with Crippen LogP contribution in [0.25, 0.3) is 10.9 Å². The van der Waals surface area contributed by atoms with E-state index in [0.717, 1.165) is 68.1 Å². The molecule has 0 amide bonds. The molecular formula is C18H25N3O2. The van der Waals surface area contributed by atoms with E-state index in [2.05, 4.69) is 21.3 Å². The molecule has 1 aliphatic rings. The van der Waals surface area contributed by atoms with Crippen LogP contribution >= 0.6 is 0 Å². The lowest BCUT2D eigenvalue weighted by Crippen LogP contribution is -2.43. The largest absolute Gasteiger partial charge is 0.497 e. The SMILES string of the molecule is COc1ccc2nc(OC)c(CCCN3CCNCC3)cc2c1. The number of nitrogens with zero attached hydrogens (tertiary/aromatic N) is 2. The molecule has 0 bridgehead atoms. The molecule has 1 saturated heterocycles. The molecule has 1 fully saturated rings. The van der Waals surface area contributed by atoms with Gasteiger partial charge < -0.3 is 19.7 Å². The van der Waals surface area contributed by atoms with E-state index in [4.69, 9.17) is 9.47 Å². The van der Waals surface area contributed by atoms with Crippen LogP contribution < -0.4 is 14.8 Å². The molecule has 2 aromatic rings. The van der Waals surface area contributed by atoms with Crippen LogP contribution in [0.2, 0.25) is 0 Å². The first kappa shape index (κ1) is 16.0. The fraction of sp³-hybridized carbons (Fsp3) is 0.500. The van der Waals surface area contributed by atoms with Gasteiger partial charge in [-0.05, 0) is 43.7 Å². The lowest BCUT2D eigenvalue weighted by atomic mass is 10.1. The Balaban J connectivity index is 1.72. The third-order valence-corrected chi connectivity index (χ3v) is 4.38. The molecule has 0 unspecified atom stereocenters. The molecule has 5 heteroatoms. The van der Waals surface area contributed by atoms with Gasteiger partial charge in [0.2, 0.25) is 5.88 Å². The Morgan fingerprint density at radius 1 is 1.13 bits per heavy atom. The van der Waals surface area contributed by atoms with Crippen molar-refractivity contribution in [3.8, 4) is 11.6 Å². The molecule has 23 heavy (non-hydrogen) atoms. The van der Waals surface area contributed by atoms with E-state index in [9.17, 15) is 0 Å². The van der Waals surface area contributed by atoms with Crippen molar-refractivity contribution in [2.75, 3.05) is 46.9 Å². The van der Waals surface area contributed by atoms with Gasteiger partial charge in [0, 0.05) is 37.1 Å². The summed E-state index contributed by atoms with van der Waals surface area (Å²) in [6, 6.07) is 8.11. The Labute approximate surface area is 137 Å². The van der Waals surface area contributed by atoms with Gasteiger partial charge in [-0.15, -0.1) is 0 Å². The lowest BCUT2D eigenvalue weighted by molar-refractivity contribution is 0.238. The summed E-state index contributed by atoms with van der Waals surface area (Å²) in [5, 5.41) is 4.49. The second-order valence-corrected chi connectivity index (χ2v) is 5.91. The number of aryl methyl sites for hydroxylation is 1. The highest BCUT2D eigenvalue weighted by Gasteiger charge is 2.11. The number of ether oxygens (including phenoxy) is 2. The molecule has 1 aliphatic heterocycles. The maximum absolute atomic E-state index is 5.49. The molecule has 1 aromatic heterocycles. The van der Waals surface area contributed by atoms with Crippen molar-refractivity contribution < 1.29 is 9.47 Å². The zero-order chi connectivity index (χ0) is 16.1. The third-order valence-electron chi connectivity index (χ3n) is 4.38. The van der Waals surface area contributed by atoms with Crippen LogP contribution in [0.5, 0.6) is 11.6 Å². The molecule has 0 spiro atoms. The summed E-state index contributed by atoms with van der Waals surface area (Å²) in [5.41, 5.74) is 2.11. The summed E-state index contributed by atoms with van der Waals surface area (Å²) in [5.74, 6) is 1.60. The summed E-state index contributed by atoms with van der Waals surface area (Å²) in [4.78, 5) is 7.15. The number of nitrogens with one attached hydrogen (secondary N) is 1.